The third kappa shape index (κ3) is 1.83. The van der Waals surface area contributed by atoms with E-state index in [0.717, 1.165) is 15.6 Å². The number of hydrogen-bond acceptors (Lipinski definition) is 4. The number of aromatic nitrogens is 2. The number of benzene rings is 1. The van der Waals surface area contributed by atoms with Crippen LogP contribution in [-0.2, 0) is 0 Å². The molecule has 0 bridgehead atoms. The van der Waals surface area contributed by atoms with Crippen molar-refractivity contribution < 1.29 is 0 Å². The van der Waals surface area contributed by atoms with Gasteiger partial charge in [0.05, 0.1) is 10.6 Å². The lowest BCUT2D eigenvalue weighted by atomic mass is 10.1. The Labute approximate surface area is 113 Å². The number of nitrogens with zero attached hydrogens (tertiary/aromatic N) is 2. The highest BCUT2D eigenvalue weighted by molar-refractivity contribution is 7.22. The summed E-state index contributed by atoms with van der Waals surface area (Å²) < 4.78 is 1.20. The summed E-state index contributed by atoms with van der Waals surface area (Å²) in [7, 11) is 0. The van der Waals surface area contributed by atoms with Gasteiger partial charge in [0.1, 0.15) is 0 Å². The first kappa shape index (κ1) is 11.4. The molecule has 3 rings (SSSR count). The SMILES string of the molecule is Cc1c(-c2ccnc(N)n2)sc2ccc(Cl)cc12. The molecule has 2 N–H and O–H groups in total. The van der Waals surface area contributed by atoms with E-state index in [1.807, 2.05) is 24.3 Å². The van der Waals surface area contributed by atoms with E-state index in [-0.39, 0.29) is 0 Å². The Bertz CT molecular complexity index is 736. The number of halogens is 1. The van der Waals surface area contributed by atoms with Crippen LogP contribution in [0.15, 0.2) is 30.5 Å². The van der Waals surface area contributed by atoms with E-state index in [1.54, 1.807) is 17.5 Å². The van der Waals surface area contributed by atoms with Crippen LogP contribution in [0.25, 0.3) is 20.7 Å². The molecule has 90 valence electrons. The summed E-state index contributed by atoms with van der Waals surface area (Å²) >= 11 is 7.72. The molecule has 0 atom stereocenters. The molecule has 0 fully saturated rings. The Kier molecular flexibility index (Phi) is 2.69. The normalized spacial score (nSPS) is 11.0. The highest BCUT2D eigenvalue weighted by Gasteiger charge is 2.12. The largest absolute Gasteiger partial charge is 0.368 e. The van der Waals surface area contributed by atoms with Crippen LogP contribution in [-0.4, -0.2) is 9.97 Å². The summed E-state index contributed by atoms with van der Waals surface area (Å²) in [6.45, 7) is 2.07. The van der Waals surface area contributed by atoms with Gasteiger partial charge in [-0.25, -0.2) is 9.97 Å². The topological polar surface area (TPSA) is 51.8 Å². The van der Waals surface area contributed by atoms with Gasteiger partial charge in [-0.15, -0.1) is 11.3 Å². The summed E-state index contributed by atoms with van der Waals surface area (Å²) in [6, 6.07) is 7.79. The second-order valence-corrected chi connectivity index (χ2v) is 5.49. The van der Waals surface area contributed by atoms with Crippen molar-refractivity contribution in [2.75, 3.05) is 5.73 Å². The van der Waals surface area contributed by atoms with Crippen LogP contribution >= 0.6 is 22.9 Å². The molecule has 0 saturated carbocycles. The van der Waals surface area contributed by atoms with Gasteiger partial charge in [-0.05, 0) is 42.1 Å². The van der Waals surface area contributed by atoms with Crippen LogP contribution < -0.4 is 5.73 Å². The second-order valence-electron chi connectivity index (χ2n) is 4.00. The van der Waals surface area contributed by atoms with Crippen LogP contribution in [0.3, 0.4) is 0 Å². The van der Waals surface area contributed by atoms with E-state index in [1.165, 1.54) is 15.6 Å². The lowest BCUT2D eigenvalue weighted by molar-refractivity contribution is 1.19. The van der Waals surface area contributed by atoms with Crippen LogP contribution in [0.2, 0.25) is 5.02 Å². The van der Waals surface area contributed by atoms with Gasteiger partial charge < -0.3 is 5.73 Å². The first-order valence-electron chi connectivity index (χ1n) is 5.42. The van der Waals surface area contributed by atoms with E-state index >= 15 is 0 Å². The molecular formula is C13H10ClN3S. The molecule has 0 amide bonds. The number of thiophene rings is 1. The molecule has 0 spiro atoms. The van der Waals surface area contributed by atoms with Gasteiger partial charge in [0, 0.05) is 15.9 Å². The standard InChI is InChI=1S/C13H10ClN3S/c1-7-9-6-8(14)2-3-11(9)18-12(7)10-4-5-16-13(15)17-10/h2-6H,1H3,(H2,15,16,17). The zero-order chi connectivity index (χ0) is 12.7. The molecule has 3 nitrogen and oxygen atoms in total. The second kappa shape index (κ2) is 4.23. The van der Waals surface area contributed by atoms with Gasteiger partial charge in [-0.1, -0.05) is 11.6 Å². The Morgan fingerprint density at radius 3 is 2.89 bits per heavy atom. The molecular weight excluding hydrogens is 266 g/mol. The van der Waals surface area contributed by atoms with E-state index < -0.39 is 0 Å². The van der Waals surface area contributed by atoms with E-state index in [0.29, 0.717) is 5.95 Å². The Morgan fingerprint density at radius 2 is 2.11 bits per heavy atom. The summed E-state index contributed by atoms with van der Waals surface area (Å²) in [5.41, 5.74) is 7.66. The average molecular weight is 276 g/mol. The first-order valence-corrected chi connectivity index (χ1v) is 6.62. The first-order chi connectivity index (χ1) is 8.65. The monoisotopic (exact) mass is 275 g/mol. The van der Waals surface area contributed by atoms with Crippen LogP contribution in [0.1, 0.15) is 5.56 Å². The molecule has 5 heteroatoms. The number of fused-ring (bicyclic) bond motifs is 1. The molecule has 0 aliphatic carbocycles. The third-order valence-electron chi connectivity index (χ3n) is 2.81. The number of rotatable bonds is 1. The molecule has 1 aromatic carbocycles. The van der Waals surface area contributed by atoms with Crippen molar-refractivity contribution in [3.05, 3.63) is 41.0 Å². The Morgan fingerprint density at radius 1 is 1.28 bits per heavy atom. The van der Waals surface area contributed by atoms with E-state index in [4.69, 9.17) is 17.3 Å². The van der Waals surface area contributed by atoms with Crippen molar-refractivity contribution in [1.82, 2.24) is 9.97 Å². The molecule has 3 aromatic rings. The maximum Gasteiger partial charge on any atom is 0.220 e. The fraction of sp³-hybridized carbons (Fsp3) is 0.0769. The van der Waals surface area contributed by atoms with Crippen molar-refractivity contribution in [3.8, 4) is 10.6 Å². The minimum absolute atomic E-state index is 0.294. The minimum Gasteiger partial charge on any atom is -0.368 e. The zero-order valence-corrected chi connectivity index (χ0v) is 11.2. The molecule has 0 saturated heterocycles. The number of nitrogen functional groups attached to an aromatic ring is 1. The summed E-state index contributed by atoms with van der Waals surface area (Å²) in [4.78, 5) is 9.29. The van der Waals surface area contributed by atoms with E-state index in [2.05, 4.69) is 16.9 Å². The maximum atomic E-state index is 6.03. The van der Waals surface area contributed by atoms with Gasteiger partial charge in [-0.3, -0.25) is 0 Å². The molecule has 0 aliphatic rings. The molecule has 2 heterocycles. The predicted octanol–water partition coefficient (Wildman–Crippen LogP) is 3.90. The fourth-order valence-corrected chi connectivity index (χ4v) is 3.27. The van der Waals surface area contributed by atoms with Gasteiger partial charge in [0.25, 0.3) is 0 Å². The quantitative estimate of drug-likeness (QED) is 0.733. The van der Waals surface area contributed by atoms with Crippen molar-refractivity contribution in [2.24, 2.45) is 0 Å². The van der Waals surface area contributed by atoms with E-state index in [9.17, 15) is 0 Å². The average Bonchev–Trinajstić information content (AvgIpc) is 2.67. The predicted molar refractivity (Wildman–Crippen MR) is 77.0 cm³/mol. The Balaban J connectivity index is 2.27. The summed E-state index contributed by atoms with van der Waals surface area (Å²) in [5.74, 6) is 0.294. The molecule has 0 aliphatic heterocycles. The number of aryl methyl sites for hydroxylation is 1. The smallest absolute Gasteiger partial charge is 0.220 e. The molecule has 0 unspecified atom stereocenters. The lowest BCUT2D eigenvalue weighted by Gasteiger charge is -1.99. The van der Waals surface area contributed by atoms with Crippen molar-refractivity contribution in [2.45, 2.75) is 6.92 Å². The highest BCUT2D eigenvalue weighted by atomic mass is 35.5. The van der Waals surface area contributed by atoms with Gasteiger partial charge in [-0.2, -0.15) is 0 Å². The van der Waals surface area contributed by atoms with Crippen LogP contribution in [0, 0.1) is 6.92 Å². The lowest BCUT2D eigenvalue weighted by Crippen LogP contribution is -1.94. The molecule has 2 aromatic heterocycles. The third-order valence-corrected chi connectivity index (χ3v) is 4.34. The van der Waals surface area contributed by atoms with Gasteiger partial charge >= 0.3 is 0 Å². The molecule has 18 heavy (non-hydrogen) atoms. The number of hydrogen-bond donors (Lipinski definition) is 1. The maximum absolute atomic E-state index is 6.03. The summed E-state index contributed by atoms with van der Waals surface area (Å²) in [5, 5.41) is 1.91. The zero-order valence-electron chi connectivity index (χ0n) is 9.64. The van der Waals surface area contributed by atoms with Crippen molar-refractivity contribution in [3.63, 3.8) is 0 Å². The van der Waals surface area contributed by atoms with Crippen molar-refractivity contribution >= 4 is 39.0 Å². The van der Waals surface area contributed by atoms with Gasteiger partial charge in [0.2, 0.25) is 5.95 Å². The fourth-order valence-electron chi connectivity index (χ4n) is 1.94. The van der Waals surface area contributed by atoms with Gasteiger partial charge in [0.15, 0.2) is 0 Å². The summed E-state index contributed by atoms with van der Waals surface area (Å²) in [6.07, 6.45) is 1.68. The minimum atomic E-state index is 0.294. The van der Waals surface area contributed by atoms with Crippen molar-refractivity contribution in [1.29, 1.82) is 0 Å². The number of nitrogens with two attached hydrogens (primary N) is 1. The number of anilines is 1. The highest BCUT2D eigenvalue weighted by Crippen LogP contribution is 2.38. The molecule has 0 radical (unpaired) electrons. The van der Waals surface area contributed by atoms with Crippen LogP contribution in [0.4, 0.5) is 5.95 Å². The van der Waals surface area contributed by atoms with Crippen LogP contribution in [0.5, 0.6) is 0 Å². The Hall–Kier alpha value is -1.65.